The molecule has 1 saturated heterocycles. The standard InChI is InChI=1S/C22H26F3N3O3S/c1-17(21(29)26(2)16-18-8-4-3-5-9-18)27-12-14-28(15-13-27)32(30,31)20-11-7-6-10-19(20)22(23,24)25/h3-11,17H,12-16H2,1-2H3/p+1/t17-/m1/s1. The highest BCUT2D eigenvalue weighted by Crippen LogP contribution is 2.35. The van der Waals surface area contributed by atoms with Crippen LogP contribution in [0, 0.1) is 0 Å². The van der Waals surface area contributed by atoms with Gasteiger partial charge in [0.25, 0.3) is 5.91 Å². The summed E-state index contributed by atoms with van der Waals surface area (Å²) in [5, 5.41) is 0. The Bertz CT molecular complexity index is 1040. The third kappa shape index (κ3) is 5.31. The van der Waals surface area contributed by atoms with Crippen LogP contribution < -0.4 is 4.90 Å². The van der Waals surface area contributed by atoms with Crippen LogP contribution in [0.15, 0.2) is 59.5 Å². The second kappa shape index (κ2) is 9.60. The molecular formula is C22H27F3N3O3S+. The summed E-state index contributed by atoms with van der Waals surface area (Å²) >= 11 is 0. The summed E-state index contributed by atoms with van der Waals surface area (Å²) in [6, 6.07) is 13.4. The van der Waals surface area contributed by atoms with E-state index in [1.165, 1.54) is 12.1 Å². The molecule has 2 aromatic carbocycles. The van der Waals surface area contributed by atoms with Crippen LogP contribution >= 0.6 is 0 Å². The van der Waals surface area contributed by atoms with Crippen molar-refractivity contribution >= 4 is 15.9 Å². The van der Waals surface area contributed by atoms with Crippen LogP contribution in [-0.4, -0.2) is 62.8 Å². The fourth-order valence-corrected chi connectivity index (χ4v) is 5.61. The van der Waals surface area contributed by atoms with Crippen LogP contribution in [0.4, 0.5) is 13.2 Å². The molecule has 0 bridgehead atoms. The molecule has 1 atom stereocenters. The lowest BCUT2D eigenvalue weighted by molar-refractivity contribution is -0.918. The normalized spacial score (nSPS) is 17.2. The molecule has 1 amide bonds. The van der Waals surface area contributed by atoms with E-state index in [-0.39, 0.29) is 19.0 Å². The smallest absolute Gasteiger partial charge is 0.336 e. The molecule has 0 saturated carbocycles. The Morgan fingerprint density at radius 2 is 1.62 bits per heavy atom. The number of rotatable bonds is 6. The number of carbonyl (C=O) groups is 1. The summed E-state index contributed by atoms with van der Waals surface area (Å²) in [5.74, 6) is -0.0671. The maximum atomic E-state index is 13.3. The molecule has 1 heterocycles. The number of hydrogen-bond donors (Lipinski definition) is 1. The molecular weight excluding hydrogens is 443 g/mol. The average molecular weight is 471 g/mol. The minimum Gasteiger partial charge on any atom is -0.336 e. The summed E-state index contributed by atoms with van der Waals surface area (Å²) in [5.41, 5.74) is -0.161. The van der Waals surface area contributed by atoms with Crippen LogP contribution in [0.2, 0.25) is 0 Å². The number of amides is 1. The second-order valence-corrected chi connectivity index (χ2v) is 9.86. The number of hydrogen-bond acceptors (Lipinski definition) is 3. The van der Waals surface area contributed by atoms with E-state index in [0.29, 0.717) is 19.6 Å². The Balaban J connectivity index is 1.65. The van der Waals surface area contributed by atoms with Gasteiger partial charge in [-0.15, -0.1) is 0 Å². The van der Waals surface area contributed by atoms with E-state index in [1.807, 2.05) is 30.3 Å². The van der Waals surface area contributed by atoms with Crippen LogP contribution in [0.5, 0.6) is 0 Å². The molecule has 3 rings (SSSR count). The fraction of sp³-hybridized carbons (Fsp3) is 0.409. The van der Waals surface area contributed by atoms with Gasteiger partial charge in [0, 0.05) is 13.6 Å². The van der Waals surface area contributed by atoms with Crippen molar-refractivity contribution in [2.24, 2.45) is 0 Å². The molecule has 0 aliphatic carbocycles. The first-order chi connectivity index (χ1) is 15.0. The lowest BCUT2D eigenvalue weighted by atomic mass is 10.2. The average Bonchev–Trinajstić information content (AvgIpc) is 2.78. The SMILES string of the molecule is C[C@H](C(=O)N(C)Cc1ccccc1)[NH+]1CCN(S(=O)(=O)c2ccccc2C(F)(F)F)CC1. The van der Waals surface area contributed by atoms with Crippen molar-refractivity contribution in [1.29, 1.82) is 0 Å². The number of piperazine rings is 1. The maximum Gasteiger partial charge on any atom is 0.417 e. The van der Waals surface area contributed by atoms with E-state index < -0.39 is 32.7 Å². The van der Waals surface area contributed by atoms with E-state index in [0.717, 1.165) is 26.9 Å². The quantitative estimate of drug-likeness (QED) is 0.699. The van der Waals surface area contributed by atoms with Crippen molar-refractivity contribution in [2.75, 3.05) is 33.2 Å². The monoisotopic (exact) mass is 470 g/mol. The van der Waals surface area contributed by atoms with Crippen molar-refractivity contribution in [2.45, 2.75) is 30.6 Å². The summed E-state index contributed by atoms with van der Waals surface area (Å²) in [7, 11) is -2.58. The van der Waals surface area contributed by atoms with Gasteiger partial charge in [0.2, 0.25) is 10.0 Å². The maximum absolute atomic E-state index is 13.3. The molecule has 0 spiro atoms. The third-order valence-corrected chi connectivity index (χ3v) is 7.75. The molecule has 2 aromatic rings. The second-order valence-electron chi connectivity index (χ2n) is 7.96. The number of halogens is 3. The number of benzene rings is 2. The molecule has 0 unspecified atom stereocenters. The molecule has 0 aromatic heterocycles. The van der Waals surface area contributed by atoms with Crippen molar-refractivity contribution in [1.82, 2.24) is 9.21 Å². The highest BCUT2D eigenvalue weighted by molar-refractivity contribution is 7.89. The fourth-order valence-electron chi connectivity index (χ4n) is 3.95. The first-order valence-corrected chi connectivity index (χ1v) is 11.8. The van der Waals surface area contributed by atoms with E-state index in [2.05, 4.69) is 0 Å². The number of likely N-dealkylation sites (N-methyl/N-ethyl adjacent to an activating group) is 1. The Morgan fingerprint density at radius 3 is 2.22 bits per heavy atom. The van der Waals surface area contributed by atoms with Gasteiger partial charge in [0.1, 0.15) is 0 Å². The summed E-state index contributed by atoms with van der Waals surface area (Å²) in [6.45, 7) is 3.01. The van der Waals surface area contributed by atoms with E-state index in [1.54, 1.807) is 18.9 Å². The van der Waals surface area contributed by atoms with Gasteiger partial charge in [-0.1, -0.05) is 42.5 Å². The van der Waals surface area contributed by atoms with Gasteiger partial charge in [-0.25, -0.2) is 8.42 Å². The van der Waals surface area contributed by atoms with Gasteiger partial charge in [-0.2, -0.15) is 17.5 Å². The van der Waals surface area contributed by atoms with Crippen molar-refractivity contribution in [3.8, 4) is 0 Å². The zero-order valence-corrected chi connectivity index (χ0v) is 18.8. The van der Waals surface area contributed by atoms with Crippen molar-refractivity contribution < 1.29 is 31.3 Å². The molecule has 1 aliphatic rings. The molecule has 32 heavy (non-hydrogen) atoms. The first kappa shape index (κ1) is 24.2. The Morgan fingerprint density at radius 1 is 1.06 bits per heavy atom. The molecule has 0 radical (unpaired) electrons. The Hall–Kier alpha value is -2.43. The van der Waals surface area contributed by atoms with Gasteiger partial charge in [-0.05, 0) is 24.6 Å². The zero-order chi connectivity index (χ0) is 23.5. The van der Waals surface area contributed by atoms with Gasteiger partial charge < -0.3 is 9.80 Å². The van der Waals surface area contributed by atoms with Gasteiger partial charge in [0.15, 0.2) is 6.04 Å². The molecule has 174 valence electrons. The van der Waals surface area contributed by atoms with Crippen LogP contribution in [0.25, 0.3) is 0 Å². The number of quaternary nitrogens is 1. The molecule has 1 N–H and O–H groups in total. The van der Waals surface area contributed by atoms with Crippen molar-refractivity contribution in [3.05, 3.63) is 65.7 Å². The highest BCUT2D eigenvalue weighted by atomic mass is 32.2. The Kier molecular flexibility index (Phi) is 7.26. The zero-order valence-electron chi connectivity index (χ0n) is 18.0. The number of carbonyl (C=O) groups excluding carboxylic acids is 1. The topological polar surface area (TPSA) is 62.1 Å². The molecule has 1 fully saturated rings. The summed E-state index contributed by atoms with van der Waals surface area (Å²) in [4.78, 5) is 14.7. The lowest BCUT2D eigenvalue weighted by Gasteiger charge is -2.35. The van der Waals surface area contributed by atoms with E-state index in [9.17, 15) is 26.4 Å². The largest absolute Gasteiger partial charge is 0.417 e. The van der Waals surface area contributed by atoms with Gasteiger partial charge in [0.05, 0.1) is 36.6 Å². The minimum absolute atomic E-state index is 0.0455. The first-order valence-electron chi connectivity index (χ1n) is 10.3. The third-order valence-electron chi connectivity index (χ3n) is 5.80. The van der Waals surface area contributed by atoms with Gasteiger partial charge >= 0.3 is 6.18 Å². The predicted octanol–water partition coefficient (Wildman–Crippen LogP) is 1.64. The highest BCUT2D eigenvalue weighted by Gasteiger charge is 2.41. The number of nitrogens with zero attached hydrogens (tertiary/aromatic N) is 2. The van der Waals surface area contributed by atoms with E-state index >= 15 is 0 Å². The van der Waals surface area contributed by atoms with Gasteiger partial charge in [-0.3, -0.25) is 4.79 Å². The number of nitrogens with one attached hydrogen (secondary N) is 1. The molecule has 10 heteroatoms. The van der Waals surface area contributed by atoms with Crippen molar-refractivity contribution in [3.63, 3.8) is 0 Å². The lowest BCUT2D eigenvalue weighted by Crippen LogP contribution is -3.19. The Labute approximate surface area is 186 Å². The van der Waals surface area contributed by atoms with Crippen LogP contribution in [-0.2, 0) is 27.5 Å². The number of alkyl halides is 3. The van der Waals surface area contributed by atoms with Crippen LogP contribution in [0.1, 0.15) is 18.1 Å². The molecule has 1 aliphatic heterocycles. The summed E-state index contributed by atoms with van der Waals surface area (Å²) < 4.78 is 66.8. The predicted molar refractivity (Wildman–Crippen MR) is 113 cm³/mol. The summed E-state index contributed by atoms with van der Waals surface area (Å²) in [6.07, 6.45) is -4.76. The van der Waals surface area contributed by atoms with E-state index in [4.69, 9.17) is 0 Å². The number of sulfonamides is 1. The molecule has 6 nitrogen and oxygen atoms in total. The van der Waals surface area contributed by atoms with Crippen LogP contribution in [0.3, 0.4) is 0 Å². The minimum atomic E-state index is -4.76.